The zero-order valence-corrected chi connectivity index (χ0v) is 24.0. The largest absolute Gasteiger partial charge is 0.509 e. The van der Waals surface area contributed by atoms with Crippen LogP contribution in [0.15, 0.2) is 23.0 Å². The molecule has 0 spiro atoms. The number of nitrogens with two attached hydrogens (primary N) is 3. The number of aryl methyl sites for hydroxylation is 1. The summed E-state index contributed by atoms with van der Waals surface area (Å²) < 4.78 is 0. The van der Waals surface area contributed by atoms with Crippen LogP contribution in [0.1, 0.15) is 49.4 Å². The van der Waals surface area contributed by atoms with Crippen LogP contribution in [-0.2, 0) is 33.8 Å². The van der Waals surface area contributed by atoms with Crippen molar-refractivity contribution >= 4 is 23.2 Å². The molecule has 220 valence electrons. The predicted octanol–water partition coefficient (Wildman–Crippen LogP) is 0.213. The van der Waals surface area contributed by atoms with Gasteiger partial charge in [-0.2, -0.15) is 5.26 Å². The summed E-state index contributed by atoms with van der Waals surface area (Å²) in [5, 5.41) is 48.1. The molecular formula is C29H38N6O6. The molecule has 12 nitrogen and oxygen atoms in total. The minimum Gasteiger partial charge on any atom is -0.509 e. The van der Waals surface area contributed by atoms with Gasteiger partial charge < -0.3 is 37.8 Å². The number of Topliss-reactive ketones (excluding diaryl/α,β-unsaturated/α-hetero) is 2. The van der Waals surface area contributed by atoms with E-state index in [0.717, 1.165) is 5.56 Å². The van der Waals surface area contributed by atoms with Crippen LogP contribution in [-0.4, -0.2) is 75.5 Å². The molecule has 1 aromatic carbocycles. The molecule has 3 aliphatic rings. The number of phenolic OH excluding ortho intramolecular Hbond substituents is 1. The van der Waals surface area contributed by atoms with Crippen molar-refractivity contribution in [1.29, 1.82) is 5.26 Å². The second-order valence-electron chi connectivity index (χ2n) is 12.1. The van der Waals surface area contributed by atoms with Crippen molar-refractivity contribution < 1.29 is 29.7 Å². The van der Waals surface area contributed by atoms with E-state index in [1.807, 2.05) is 26.8 Å². The fourth-order valence-electron chi connectivity index (χ4n) is 6.98. The first-order valence-corrected chi connectivity index (χ1v) is 13.5. The molecule has 10 N–H and O–H groups in total. The molecular weight excluding hydrogens is 528 g/mol. The van der Waals surface area contributed by atoms with Gasteiger partial charge in [-0.05, 0) is 56.9 Å². The highest BCUT2D eigenvalue weighted by molar-refractivity contribution is 6.25. The van der Waals surface area contributed by atoms with Crippen molar-refractivity contribution in [2.45, 2.75) is 63.7 Å². The first-order valence-electron chi connectivity index (χ1n) is 13.5. The highest BCUT2D eigenvalue weighted by Gasteiger charge is 2.74. The summed E-state index contributed by atoms with van der Waals surface area (Å²) in [6, 6.07) is 2.17. The van der Waals surface area contributed by atoms with Crippen LogP contribution < -0.4 is 22.5 Å². The number of carbonyl (C=O) groups is 3. The Hall–Kier alpha value is -3.76. The number of aromatic hydroxyl groups is 1. The van der Waals surface area contributed by atoms with Crippen LogP contribution in [0.4, 0.5) is 0 Å². The molecule has 3 aliphatic carbocycles. The summed E-state index contributed by atoms with van der Waals surface area (Å²) in [5.41, 5.74) is 13.2. The zero-order valence-electron chi connectivity index (χ0n) is 24.0. The lowest BCUT2D eigenvalue weighted by molar-refractivity contribution is -0.139. The molecule has 12 heteroatoms. The van der Waals surface area contributed by atoms with Gasteiger partial charge in [-0.1, -0.05) is 26.8 Å². The van der Waals surface area contributed by atoms with Gasteiger partial charge in [0.2, 0.25) is 0 Å². The van der Waals surface area contributed by atoms with Gasteiger partial charge in [0.15, 0.2) is 17.0 Å². The summed E-state index contributed by atoms with van der Waals surface area (Å²) in [4.78, 5) is 41.6. The van der Waals surface area contributed by atoms with Gasteiger partial charge in [0.1, 0.15) is 22.8 Å². The maximum Gasteiger partial charge on any atom is 0.255 e. The lowest BCUT2D eigenvalue weighted by Gasteiger charge is -2.58. The fourth-order valence-corrected chi connectivity index (χ4v) is 6.98. The van der Waals surface area contributed by atoms with Gasteiger partial charge in [0, 0.05) is 12.1 Å². The Kier molecular flexibility index (Phi) is 7.33. The normalized spacial score (nSPS) is 29.4. The Morgan fingerprint density at radius 3 is 2.37 bits per heavy atom. The van der Waals surface area contributed by atoms with Crippen molar-refractivity contribution in [3.63, 3.8) is 0 Å². The Balaban J connectivity index is 2.05. The first kappa shape index (κ1) is 30.2. The third-order valence-corrected chi connectivity index (χ3v) is 8.67. The summed E-state index contributed by atoms with van der Waals surface area (Å²) in [5.74, 6) is -5.12. The molecule has 1 saturated carbocycles. The number of likely N-dealkylation sites (N-methyl/N-ethyl adjacent to an activating group) is 1. The van der Waals surface area contributed by atoms with Crippen molar-refractivity contribution in [3.8, 4) is 11.8 Å². The number of rotatable bonds is 7. The number of amides is 1. The maximum atomic E-state index is 14.5. The van der Waals surface area contributed by atoms with E-state index < -0.39 is 69.1 Å². The SMILES string of the molecule is CCc1cc(CNCC(C)C)c(O)c2c1C[C@@]1(N)C[C@@]3(N)[C@H](N(C)C)C(=O)C(C(N)=O)=C(O)[C@@]3(C#N)C(=O)C1=C2O. The average molecular weight is 567 g/mol. The van der Waals surface area contributed by atoms with E-state index >= 15 is 0 Å². The number of hydrogen-bond acceptors (Lipinski definition) is 11. The first-order chi connectivity index (χ1) is 19.0. The quantitative estimate of drug-likeness (QED) is 0.221. The van der Waals surface area contributed by atoms with Crippen molar-refractivity contribution in [2.75, 3.05) is 20.6 Å². The number of benzene rings is 1. The van der Waals surface area contributed by atoms with Gasteiger partial charge in [-0.15, -0.1) is 0 Å². The highest BCUT2D eigenvalue weighted by Crippen LogP contribution is 2.58. The summed E-state index contributed by atoms with van der Waals surface area (Å²) in [6.07, 6.45) is 0.0723. The topological polar surface area (TPSA) is 229 Å². The fraction of sp³-hybridized carbons (Fsp3) is 0.517. The molecule has 0 bridgehead atoms. The zero-order chi connectivity index (χ0) is 30.8. The number of phenols is 1. The second kappa shape index (κ2) is 9.95. The Labute approximate surface area is 238 Å². The number of ketones is 2. The molecule has 1 aromatic rings. The van der Waals surface area contributed by atoms with Gasteiger partial charge >= 0.3 is 0 Å². The number of aliphatic hydroxyl groups is 2. The van der Waals surface area contributed by atoms with Gasteiger partial charge in [0.05, 0.1) is 34.3 Å². The predicted molar refractivity (Wildman–Crippen MR) is 150 cm³/mol. The van der Waals surface area contributed by atoms with Crippen molar-refractivity contribution in [2.24, 2.45) is 28.5 Å². The molecule has 0 aliphatic heterocycles. The van der Waals surface area contributed by atoms with Crippen molar-refractivity contribution in [1.82, 2.24) is 10.2 Å². The number of primary amides is 1. The van der Waals surface area contributed by atoms with Crippen LogP contribution in [0.25, 0.3) is 5.76 Å². The Morgan fingerprint density at radius 1 is 1.22 bits per heavy atom. The number of hydrogen-bond donors (Lipinski definition) is 7. The molecule has 0 heterocycles. The number of carbonyl (C=O) groups excluding carboxylic acids is 3. The lowest BCUT2D eigenvalue weighted by atomic mass is 9.47. The maximum absolute atomic E-state index is 14.5. The van der Waals surface area contributed by atoms with Gasteiger partial charge in [-0.3, -0.25) is 19.3 Å². The molecule has 1 amide bonds. The van der Waals surface area contributed by atoms with E-state index in [-0.39, 0.29) is 17.7 Å². The lowest BCUT2D eigenvalue weighted by Crippen LogP contribution is -2.80. The van der Waals surface area contributed by atoms with Crippen LogP contribution >= 0.6 is 0 Å². The van der Waals surface area contributed by atoms with Crippen LogP contribution in [0.2, 0.25) is 0 Å². The standard InChI is InChI=1S/C29H38N6O6/c1-6-14-7-15(10-34-9-13(2)3)20(36)17-16(14)8-27(32)11-29(33)23(35(4)5)22(38)18(26(31)41)24(39)28(29,12-30)25(40)19(27)21(17)37/h7,13,23,34,36-37,39H,6,8-11,32-33H2,1-5H3,(H2,31,41)/t23-,27-,28+,29-/m1/s1. The van der Waals surface area contributed by atoms with Crippen LogP contribution in [0.5, 0.6) is 5.75 Å². The summed E-state index contributed by atoms with van der Waals surface area (Å²) in [7, 11) is 2.96. The summed E-state index contributed by atoms with van der Waals surface area (Å²) in [6.45, 7) is 6.96. The number of aliphatic hydroxyl groups excluding tert-OH is 2. The smallest absolute Gasteiger partial charge is 0.255 e. The van der Waals surface area contributed by atoms with Crippen LogP contribution in [0.3, 0.4) is 0 Å². The summed E-state index contributed by atoms with van der Waals surface area (Å²) >= 11 is 0. The van der Waals surface area contributed by atoms with Crippen molar-refractivity contribution in [3.05, 3.63) is 45.2 Å². The number of nitriles is 1. The molecule has 0 aromatic heterocycles. The van der Waals surface area contributed by atoms with Gasteiger partial charge in [-0.25, -0.2) is 0 Å². The minimum absolute atomic E-state index is 0.0161. The van der Waals surface area contributed by atoms with E-state index in [1.165, 1.54) is 19.0 Å². The van der Waals surface area contributed by atoms with Crippen LogP contribution in [0, 0.1) is 22.7 Å². The number of fused-ring (bicyclic) bond motifs is 3. The van der Waals surface area contributed by atoms with E-state index in [1.54, 1.807) is 6.07 Å². The van der Waals surface area contributed by atoms with Gasteiger partial charge in [0.25, 0.3) is 5.91 Å². The molecule has 4 atom stereocenters. The minimum atomic E-state index is -2.68. The van der Waals surface area contributed by atoms with E-state index in [2.05, 4.69) is 5.32 Å². The highest BCUT2D eigenvalue weighted by atomic mass is 16.3. The Bertz CT molecular complexity index is 1470. The third kappa shape index (κ3) is 3.99. The van der Waals surface area contributed by atoms with E-state index in [4.69, 9.17) is 17.2 Å². The average Bonchev–Trinajstić information content (AvgIpc) is 2.83. The van der Waals surface area contributed by atoms with E-state index in [0.29, 0.717) is 36.6 Å². The molecule has 0 radical (unpaired) electrons. The number of nitrogens with zero attached hydrogens (tertiary/aromatic N) is 2. The molecule has 0 saturated heterocycles. The second-order valence-corrected chi connectivity index (χ2v) is 12.1. The monoisotopic (exact) mass is 566 g/mol. The Morgan fingerprint density at radius 2 is 1.85 bits per heavy atom. The molecule has 41 heavy (non-hydrogen) atoms. The van der Waals surface area contributed by atoms with E-state index in [9.17, 15) is 35.0 Å². The third-order valence-electron chi connectivity index (χ3n) is 8.67. The molecule has 1 fully saturated rings. The molecule has 0 unspecified atom stereocenters. The molecule has 4 rings (SSSR count). The number of nitrogens with one attached hydrogen (secondary N) is 1.